The minimum atomic E-state index is -0.340. The van der Waals surface area contributed by atoms with Crippen molar-refractivity contribution in [3.8, 4) is 0 Å². The van der Waals surface area contributed by atoms with Crippen molar-refractivity contribution in [3.05, 3.63) is 35.0 Å². The van der Waals surface area contributed by atoms with Crippen LogP contribution >= 0.6 is 11.6 Å². The fourth-order valence-corrected chi connectivity index (χ4v) is 3.58. The number of nitrogens with one attached hydrogen (secondary N) is 3. The molecular weight excluding hydrogens is 364 g/mol. The number of nitrogens with two attached hydrogens (primary N) is 1. The van der Waals surface area contributed by atoms with E-state index in [1.807, 2.05) is 24.4 Å². The molecule has 1 aromatic heterocycles. The summed E-state index contributed by atoms with van der Waals surface area (Å²) in [5.41, 5.74) is 7.64. The van der Waals surface area contributed by atoms with Gasteiger partial charge in [0.1, 0.15) is 0 Å². The number of halogens is 1. The molecule has 1 aliphatic rings. The van der Waals surface area contributed by atoms with Crippen molar-refractivity contribution in [2.75, 3.05) is 26.2 Å². The van der Waals surface area contributed by atoms with Crippen LogP contribution in [0, 0.1) is 0 Å². The van der Waals surface area contributed by atoms with Crippen LogP contribution in [0.1, 0.15) is 25.3 Å². The second-order valence-corrected chi connectivity index (χ2v) is 7.19. The Morgan fingerprint density at radius 1 is 1.41 bits per heavy atom. The Balaban J connectivity index is 1.57. The molecule has 27 heavy (non-hydrogen) atoms. The molecule has 0 atom stereocenters. The molecule has 146 valence electrons. The lowest BCUT2D eigenvalue weighted by Gasteiger charge is -2.32. The second-order valence-electron chi connectivity index (χ2n) is 6.76. The van der Waals surface area contributed by atoms with E-state index in [1.54, 1.807) is 4.90 Å². The summed E-state index contributed by atoms with van der Waals surface area (Å²) in [6, 6.07) is 5.83. The fourth-order valence-electron chi connectivity index (χ4n) is 3.40. The average Bonchev–Trinajstić information content (AvgIpc) is 3.04. The van der Waals surface area contributed by atoms with Gasteiger partial charge in [0, 0.05) is 54.3 Å². The average molecular weight is 391 g/mol. The number of hydrogen-bond donors (Lipinski definition) is 4. The maximum atomic E-state index is 11.2. The van der Waals surface area contributed by atoms with Gasteiger partial charge in [0.2, 0.25) is 0 Å². The number of urea groups is 1. The van der Waals surface area contributed by atoms with Gasteiger partial charge >= 0.3 is 6.03 Å². The molecule has 0 spiro atoms. The molecule has 1 aliphatic heterocycles. The second kappa shape index (κ2) is 8.99. The minimum absolute atomic E-state index is 0.297. The number of hydrogen-bond acceptors (Lipinski definition) is 2. The van der Waals surface area contributed by atoms with Crippen LogP contribution in [0.5, 0.6) is 0 Å². The Hall–Kier alpha value is -2.41. The van der Waals surface area contributed by atoms with Crippen LogP contribution in [0.25, 0.3) is 10.9 Å². The van der Waals surface area contributed by atoms with Gasteiger partial charge in [-0.3, -0.25) is 4.99 Å². The zero-order chi connectivity index (χ0) is 19.2. The highest BCUT2D eigenvalue weighted by Crippen LogP contribution is 2.22. The van der Waals surface area contributed by atoms with E-state index >= 15 is 0 Å². The van der Waals surface area contributed by atoms with Gasteiger partial charge in [-0.05, 0) is 49.9 Å². The van der Waals surface area contributed by atoms with Crippen LogP contribution < -0.4 is 16.4 Å². The number of primary amides is 1. The first kappa shape index (κ1) is 19.4. The van der Waals surface area contributed by atoms with Crippen molar-refractivity contribution in [2.24, 2.45) is 10.7 Å². The lowest BCUT2D eigenvalue weighted by Crippen LogP contribution is -2.50. The number of nitrogens with zero attached hydrogens (tertiary/aromatic N) is 2. The van der Waals surface area contributed by atoms with E-state index in [1.165, 1.54) is 5.56 Å². The van der Waals surface area contributed by atoms with Crippen LogP contribution in [-0.2, 0) is 6.42 Å². The number of aliphatic imine (C=N–C) groups is 1. The number of fused-ring (bicyclic) bond motifs is 1. The highest BCUT2D eigenvalue weighted by molar-refractivity contribution is 6.31. The number of guanidine groups is 1. The van der Waals surface area contributed by atoms with Crippen molar-refractivity contribution in [1.82, 2.24) is 20.5 Å². The molecule has 2 amide bonds. The van der Waals surface area contributed by atoms with E-state index in [9.17, 15) is 4.79 Å². The largest absolute Gasteiger partial charge is 0.361 e. The first-order valence-corrected chi connectivity index (χ1v) is 9.79. The van der Waals surface area contributed by atoms with Crippen LogP contribution in [0.3, 0.4) is 0 Å². The van der Waals surface area contributed by atoms with Gasteiger partial charge in [0.15, 0.2) is 5.96 Å². The Labute approximate surface area is 164 Å². The number of likely N-dealkylation sites (tertiary alicyclic amines) is 1. The molecule has 2 heterocycles. The summed E-state index contributed by atoms with van der Waals surface area (Å²) in [5.74, 6) is 0.813. The summed E-state index contributed by atoms with van der Waals surface area (Å²) in [4.78, 5) is 20.9. The highest BCUT2D eigenvalue weighted by atomic mass is 35.5. The van der Waals surface area contributed by atoms with Crippen molar-refractivity contribution >= 4 is 34.5 Å². The Morgan fingerprint density at radius 2 is 2.19 bits per heavy atom. The van der Waals surface area contributed by atoms with E-state index < -0.39 is 0 Å². The molecule has 1 saturated heterocycles. The third kappa shape index (κ3) is 5.07. The number of carbonyl (C=O) groups excluding carboxylic acids is 1. The number of aromatic nitrogens is 1. The molecule has 0 unspecified atom stereocenters. The summed E-state index contributed by atoms with van der Waals surface area (Å²) >= 11 is 6.12. The molecule has 0 radical (unpaired) electrons. The van der Waals surface area contributed by atoms with Gasteiger partial charge in [-0.2, -0.15) is 0 Å². The molecule has 7 nitrogen and oxygen atoms in total. The monoisotopic (exact) mass is 390 g/mol. The Morgan fingerprint density at radius 3 is 2.89 bits per heavy atom. The summed E-state index contributed by atoms with van der Waals surface area (Å²) in [6.45, 7) is 4.89. The van der Waals surface area contributed by atoms with Gasteiger partial charge in [0.05, 0.1) is 0 Å². The predicted molar refractivity (Wildman–Crippen MR) is 110 cm³/mol. The van der Waals surface area contributed by atoms with E-state index in [0.29, 0.717) is 25.7 Å². The fraction of sp³-hybridized carbons (Fsp3) is 0.474. The van der Waals surface area contributed by atoms with Gasteiger partial charge < -0.3 is 26.3 Å². The van der Waals surface area contributed by atoms with Gasteiger partial charge in [-0.25, -0.2) is 4.79 Å². The van der Waals surface area contributed by atoms with Crippen molar-refractivity contribution in [2.45, 2.75) is 32.2 Å². The smallest absolute Gasteiger partial charge is 0.314 e. The zero-order valence-corrected chi connectivity index (χ0v) is 16.4. The molecule has 2 aromatic rings. The van der Waals surface area contributed by atoms with Gasteiger partial charge in [-0.15, -0.1) is 0 Å². The van der Waals surface area contributed by atoms with E-state index in [0.717, 1.165) is 47.7 Å². The molecule has 3 rings (SSSR count). The molecule has 0 aliphatic carbocycles. The van der Waals surface area contributed by atoms with Crippen LogP contribution in [0.4, 0.5) is 4.79 Å². The maximum Gasteiger partial charge on any atom is 0.314 e. The molecule has 1 aromatic carbocycles. The summed E-state index contributed by atoms with van der Waals surface area (Å²) in [6.07, 6.45) is 4.59. The third-order valence-corrected chi connectivity index (χ3v) is 5.11. The van der Waals surface area contributed by atoms with Crippen molar-refractivity contribution in [1.29, 1.82) is 0 Å². The number of piperidine rings is 1. The number of amides is 2. The number of benzene rings is 1. The third-order valence-electron chi connectivity index (χ3n) is 4.87. The maximum absolute atomic E-state index is 11.2. The molecule has 8 heteroatoms. The topological polar surface area (TPSA) is 98.5 Å². The lowest BCUT2D eigenvalue weighted by molar-refractivity contribution is 0.188. The zero-order valence-electron chi connectivity index (χ0n) is 15.6. The van der Waals surface area contributed by atoms with Crippen LogP contribution in [0.2, 0.25) is 5.02 Å². The van der Waals surface area contributed by atoms with Gasteiger partial charge in [0.25, 0.3) is 0 Å². The number of rotatable bonds is 5. The number of carbonyl (C=O) groups is 1. The van der Waals surface area contributed by atoms with Gasteiger partial charge in [-0.1, -0.05) is 11.6 Å². The Bertz CT molecular complexity index is 810. The lowest BCUT2D eigenvalue weighted by atomic mass is 10.1. The predicted octanol–water partition coefficient (Wildman–Crippen LogP) is 2.46. The first-order chi connectivity index (χ1) is 13.1. The molecule has 0 saturated carbocycles. The standard InChI is InChI=1S/C19H27ClN6O/c1-2-22-19(25-15-6-9-26(10-7-15)18(21)27)23-8-5-13-12-24-17-4-3-14(20)11-16(13)17/h3-4,11-12,15,24H,2,5-10H2,1H3,(H2,21,27)(H2,22,23,25). The molecule has 0 bridgehead atoms. The highest BCUT2D eigenvalue weighted by Gasteiger charge is 2.21. The van der Waals surface area contributed by atoms with E-state index in [2.05, 4.69) is 22.5 Å². The normalized spacial score (nSPS) is 15.9. The van der Waals surface area contributed by atoms with E-state index in [4.69, 9.17) is 22.3 Å². The quantitative estimate of drug-likeness (QED) is 0.466. The van der Waals surface area contributed by atoms with Crippen molar-refractivity contribution < 1.29 is 4.79 Å². The summed E-state index contributed by atoms with van der Waals surface area (Å²) in [5, 5.41) is 8.66. The van der Waals surface area contributed by atoms with Crippen LogP contribution in [0.15, 0.2) is 29.4 Å². The summed E-state index contributed by atoms with van der Waals surface area (Å²) in [7, 11) is 0. The van der Waals surface area contributed by atoms with Crippen molar-refractivity contribution in [3.63, 3.8) is 0 Å². The molecular formula is C19H27ClN6O. The number of H-pyrrole nitrogens is 1. The molecule has 5 N–H and O–H groups in total. The minimum Gasteiger partial charge on any atom is -0.361 e. The molecule has 1 fully saturated rings. The Kier molecular flexibility index (Phi) is 6.45. The SMILES string of the molecule is CCNC(=NCCc1c[nH]c2ccc(Cl)cc12)NC1CCN(C(N)=O)CC1. The van der Waals surface area contributed by atoms with E-state index in [-0.39, 0.29) is 6.03 Å². The summed E-state index contributed by atoms with van der Waals surface area (Å²) < 4.78 is 0. The number of aromatic amines is 1. The first-order valence-electron chi connectivity index (χ1n) is 9.41. The van der Waals surface area contributed by atoms with Crippen LogP contribution in [-0.4, -0.2) is 54.1 Å².